The van der Waals surface area contributed by atoms with Crippen molar-refractivity contribution in [1.82, 2.24) is 0 Å². The van der Waals surface area contributed by atoms with Crippen LogP contribution in [0.5, 0.6) is 0 Å². The average molecular weight is 305 g/mol. The van der Waals surface area contributed by atoms with Gasteiger partial charge in [0.1, 0.15) is 4.99 Å². The minimum absolute atomic E-state index is 0.218. The lowest BCUT2D eigenvalue weighted by molar-refractivity contribution is 0.102. The van der Waals surface area contributed by atoms with Gasteiger partial charge in [-0.15, -0.1) is 0 Å². The molecular weight excluding hydrogens is 292 g/mol. The summed E-state index contributed by atoms with van der Waals surface area (Å²) in [5.41, 5.74) is 8.22. The Balaban J connectivity index is 2.30. The summed E-state index contributed by atoms with van der Waals surface area (Å²) in [6, 6.07) is 12.4. The average Bonchev–Trinajstić information content (AvgIpc) is 2.41. The lowest BCUT2D eigenvalue weighted by atomic mass is 10.1. The van der Waals surface area contributed by atoms with E-state index < -0.39 is 0 Å². The second kappa shape index (κ2) is 6.03. The maximum Gasteiger partial charge on any atom is 0.255 e. The molecule has 0 unspecified atom stereocenters. The second-order valence-corrected chi connectivity index (χ2v) is 5.17. The van der Waals surface area contributed by atoms with E-state index in [0.717, 1.165) is 5.56 Å². The first-order chi connectivity index (χ1) is 9.49. The first kappa shape index (κ1) is 14.5. The summed E-state index contributed by atoms with van der Waals surface area (Å²) in [5.74, 6) is -0.218. The molecule has 3 N–H and O–H groups in total. The van der Waals surface area contributed by atoms with E-state index in [9.17, 15) is 4.79 Å². The number of nitrogens with one attached hydrogen (secondary N) is 1. The Labute approximate surface area is 127 Å². The number of aryl methyl sites for hydroxylation is 1. The Morgan fingerprint density at radius 1 is 1.25 bits per heavy atom. The number of anilines is 1. The van der Waals surface area contributed by atoms with E-state index in [1.165, 1.54) is 0 Å². The molecule has 0 fully saturated rings. The van der Waals surface area contributed by atoms with Crippen molar-refractivity contribution in [2.45, 2.75) is 6.92 Å². The van der Waals surface area contributed by atoms with Gasteiger partial charge < -0.3 is 11.1 Å². The molecule has 0 aromatic heterocycles. The molecule has 0 radical (unpaired) electrons. The highest BCUT2D eigenvalue weighted by molar-refractivity contribution is 7.80. The Bertz CT molecular complexity index is 685. The highest BCUT2D eigenvalue weighted by Gasteiger charge is 2.11. The van der Waals surface area contributed by atoms with E-state index in [4.69, 9.17) is 29.6 Å². The van der Waals surface area contributed by atoms with Crippen LogP contribution in [0.3, 0.4) is 0 Å². The maximum absolute atomic E-state index is 12.2. The van der Waals surface area contributed by atoms with Crippen LogP contribution in [-0.2, 0) is 0 Å². The number of halogens is 1. The number of carbonyl (C=O) groups excluding carboxylic acids is 1. The molecule has 2 aromatic rings. The van der Waals surface area contributed by atoms with Crippen LogP contribution in [0, 0.1) is 6.92 Å². The predicted molar refractivity (Wildman–Crippen MR) is 86.5 cm³/mol. The monoisotopic (exact) mass is 304 g/mol. The molecular formula is C15H13ClN2OS. The van der Waals surface area contributed by atoms with E-state index in [2.05, 4.69) is 5.32 Å². The molecule has 5 heteroatoms. The lowest BCUT2D eigenvalue weighted by Crippen LogP contribution is -2.15. The zero-order valence-electron chi connectivity index (χ0n) is 10.8. The van der Waals surface area contributed by atoms with Crippen molar-refractivity contribution in [2.24, 2.45) is 5.73 Å². The minimum Gasteiger partial charge on any atom is -0.389 e. The molecule has 2 rings (SSSR count). The SMILES string of the molecule is Cc1ccccc1C(=O)Nc1cc(C(N)=S)ccc1Cl. The third-order valence-corrected chi connectivity index (χ3v) is 3.45. The smallest absolute Gasteiger partial charge is 0.255 e. The molecule has 0 aliphatic heterocycles. The summed E-state index contributed by atoms with van der Waals surface area (Å²) in [4.78, 5) is 12.5. The van der Waals surface area contributed by atoms with Crippen LogP contribution in [0.1, 0.15) is 21.5 Å². The summed E-state index contributed by atoms with van der Waals surface area (Å²) >= 11 is 11.0. The topological polar surface area (TPSA) is 55.1 Å². The van der Waals surface area contributed by atoms with Gasteiger partial charge in [-0.1, -0.05) is 48.1 Å². The standard InChI is InChI=1S/C15H13ClN2OS/c1-9-4-2-3-5-11(9)15(19)18-13-8-10(14(17)20)6-7-12(13)16/h2-8H,1H3,(H2,17,20)(H,18,19). The molecule has 0 saturated heterocycles. The van der Waals surface area contributed by atoms with E-state index in [1.807, 2.05) is 25.1 Å². The van der Waals surface area contributed by atoms with Crippen molar-refractivity contribution < 1.29 is 4.79 Å². The summed E-state index contributed by atoms with van der Waals surface area (Å²) < 4.78 is 0. The van der Waals surface area contributed by atoms with E-state index in [-0.39, 0.29) is 10.9 Å². The number of benzene rings is 2. The van der Waals surface area contributed by atoms with Crippen molar-refractivity contribution in [3.8, 4) is 0 Å². The molecule has 0 aliphatic rings. The van der Waals surface area contributed by atoms with Crippen molar-refractivity contribution in [2.75, 3.05) is 5.32 Å². The highest BCUT2D eigenvalue weighted by Crippen LogP contribution is 2.24. The van der Waals surface area contributed by atoms with Crippen LogP contribution in [0.2, 0.25) is 5.02 Å². The van der Waals surface area contributed by atoms with Crippen molar-refractivity contribution in [1.29, 1.82) is 0 Å². The Morgan fingerprint density at radius 2 is 1.95 bits per heavy atom. The van der Waals surface area contributed by atoms with Gasteiger partial charge >= 0.3 is 0 Å². The van der Waals surface area contributed by atoms with Gasteiger partial charge in [-0.25, -0.2) is 0 Å². The molecule has 20 heavy (non-hydrogen) atoms. The molecule has 102 valence electrons. The zero-order valence-corrected chi connectivity index (χ0v) is 12.4. The number of nitrogens with two attached hydrogens (primary N) is 1. The Kier molecular flexibility index (Phi) is 4.37. The highest BCUT2D eigenvalue weighted by atomic mass is 35.5. The summed E-state index contributed by atoms with van der Waals surface area (Å²) in [7, 11) is 0. The minimum atomic E-state index is -0.218. The van der Waals surface area contributed by atoms with Gasteiger partial charge in [0, 0.05) is 11.1 Å². The fraction of sp³-hybridized carbons (Fsp3) is 0.0667. The third kappa shape index (κ3) is 3.15. The molecule has 0 atom stereocenters. The summed E-state index contributed by atoms with van der Waals surface area (Å²) in [5, 5.41) is 3.21. The normalized spacial score (nSPS) is 10.1. The fourth-order valence-electron chi connectivity index (χ4n) is 1.79. The molecule has 2 aromatic carbocycles. The van der Waals surface area contributed by atoms with Crippen LogP contribution in [0.4, 0.5) is 5.69 Å². The van der Waals surface area contributed by atoms with Crippen LogP contribution in [0.15, 0.2) is 42.5 Å². The largest absolute Gasteiger partial charge is 0.389 e. The quantitative estimate of drug-likeness (QED) is 0.853. The fourth-order valence-corrected chi connectivity index (χ4v) is 2.08. The lowest BCUT2D eigenvalue weighted by Gasteiger charge is -2.10. The van der Waals surface area contributed by atoms with Crippen LogP contribution < -0.4 is 11.1 Å². The van der Waals surface area contributed by atoms with E-state index in [0.29, 0.717) is 21.8 Å². The molecule has 0 spiro atoms. The number of thiocarbonyl (C=S) groups is 1. The van der Waals surface area contributed by atoms with Gasteiger partial charge in [-0.3, -0.25) is 4.79 Å². The number of carbonyl (C=O) groups is 1. The number of hydrogen-bond acceptors (Lipinski definition) is 2. The number of hydrogen-bond donors (Lipinski definition) is 2. The van der Waals surface area contributed by atoms with Gasteiger partial charge in [0.2, 0.25) is 0 Å². The Hall–Kier alpha value is -1.91. The van der Waals surface area contributed by atoms with Crippen molar-refractivity contribution in [3.63, 3.8) is 0 Å². The van der Waals surface area contributed by atoms with Crippen LogP contribution in [-0.4, -0.2) is 10.9 Å². The zero-order chi connectivity index (χ0) is 14.7. The van der Waals surface area contributed by atoms with Crippen molar-refractivity contribution in [3.05, 3.63) is 64.2 Å². The summed E-state index contributed by atoms with van der Waals surface area (Å²) in [6.07, 6.45) is 0. The first-order valence-electron chi connectivity index (χ1n) is 5.95. The van der Waals surface area contributed by atoms with Gasteiger partial charge in [-0.05, 0) is 30.7 Å². The molecule has 0 bridgehead atoms. The molecule has 0 heterocycles. The van der Waals surface area contributed by atoms with Crippen molar-refractivity contribution >= 4 is 40.4 Å². The van der Waals surface area contributed by atoms with Gasteiger partial charge in [0.15, 0.2) is 0 Å². The third-order valence-electron chi connectivity index (χ3n) is 2.89. The van der Waals surface area contributed by atoms with E-state index in [1.54, 1.807) is 24.3 Å². The van der Waals surface area contributed by atoms with Crippen LogP contribution >= 0.6 is 23.8 Å². The Morgan fingerprint density at radius 3 is 2.60 bits per heavy atom. The van der Waals surface area contributed by atoms with Gasteiger partial charge in [0.25, 0.3) is 5.91 Å². The van der Waals surface area contributed by atoms with Crippen LogP contribution in [0.25, 0.3) is 0 Å². The number of amides is 1. The van der Waals surface area contributed by atoms with Gasteiger partial charge in [-0.2, -0.15) is 0 Å². The van der Waals surface area contributed by atoms with Gasteiger partial charge in [0.05, 0.1) is 10.7 Å². The maximum atomic E-state index is 12.2. The van der Waals surface area contributed by atoms with E-state index >= 15 is 0 Å². The second-order valence-electron chi connectivity index (χ2n) is 4.33. The molecule has 0 saturated carbocycles. The summed E-state index contributed by atoms with van der Waals surface area (Å²) in [6.45, 7) is 1.88. The first-order valence-corrected chi connectivity index (χ1v) is 6.74. The predicted octanol–water partition coefficient (Wildman–Crippen LogP) is 3.53. The molecule has 0 aliphatic carbocycles. The number of rotatable bonds is 3. The molecule has 1 amide bonds. The molecule has 3 nitrogen and oxygen atoms in total.